The number of pyridine rings is 1. The maximum Gasteiger partial charge on any atom is 0.270 e. The molecule has 1 unspecified atom stereocenters. The number of nitrogens with zero attached hydrogens (tertiary/aromatic N) is 1. The third-order valence-corrected chi connectivity index (χ3v) is 3.98. The van der Waals surface area contributed by atoms with Gasteiger partial charge in [0.2, 0.25) is 0 Å². The Hall–Kier alpha value is -1.88. The maximum atomic E-state index is 12.2. The van der Waals surface area contributed by atoms with Gasteiger partial charge in [-0.05, 0) is 64.2 Å². The van der Waals surface area contributed by atoms with Crippen molar-refractivity contribution in [2.45, 2.75) is 18.9 Å². The van der Waals surface area contributed by atoms with Gasteiger partial charge in [-0.15, -0.1) is 0 Å². The SMILES string of the molecule is Nc1ccc2c(c1)CCC2NC(=O)c1ccc(Br)cn1. The number of aromatic nitrogens is 1. The molecule has 0 fully saturated rings. The van der Waals surface area contributed by atoms with Crippen molar-refractivity contribution in [2.24, 2.45) is 0 Å². The van der Waals surface area contributed by atoms with Gasteiger partial charge in [-0.25, -0.2) is 4.98 Å². The Labute approximate surface area is 125 Å². The Morgan fingerprint density at radius 2 is 2.20 bits per heavy atom. The number of nitrogen functional groups attached to an aromatic ring is 1. The van der Waals surface area contributed by atoms with E-state index in [9.17, 15) is 4.79 Å². The molecule has 0 bridgehead atoms. The van der Waals surface area contributed by atoms with Crippen LogP contribution in [0.2, 0.25) is 0 Å². The van der Waals surface area contributed by atoms with Gasteiger partial charge in [0.05, 0.1) is 6.04 Å². The molecule has 1 aromatic carbocycles. The van der Waals surface area contributed by atoms with Crippen LogP contribution in [0.15, 0.2) is 41.0 Å². The van der Waals surface area contributed by atoms with Crippen molar-refractivity contribution in [3.63, 3.8) is 0 Å². The Bertz CT molecular complexity index is 655. The number of amides is 1. The number of rotatable bonds is 2. The average molecular weight is 332 g/mol. The van der Waals surface area contributed by atoms with E-state index in [0.717, 1.165) is 28.6 Å². The predicted octanol–water partition coefficient (Wildman–Crippen LogP) is 2.84. The van der Waals surface area contributed by atoms with Crippen molar-refractivity contribution in [1.82, 2.24) is 10.3 Å². The van der Waals surface area contributed by atoms with Crippen LogP contribution in [-0.2, 0) is 6.42 Å². The van der Waals surface area contributed by atoms with Crippen molar-refractivity contribution in [3.05, 3.63) is 57.8 Å². The summed E-state index contributed by atoms with van der Waals surface area (Å²) in [7, 11) is 0. The van der Waals surface area contributed by atoms with Gasteiger partial charge in [0, 0.05) is 16.4 Å². The summed E-state index contributed by atoms with van der Waals surface area (Å²) >= 11 is 3.30. The number of nitrogens with two attached hydrogens (primary N) is 1. The minimum Gasteiger partial charge on any atom is -0.399 e. The van der Waals surface area contributed by atoms with Crippen LogP contribution in [0.25, 0.3) is 0 Å². The molecule has 0 radical (unpaired) electrons. The Balaban J connectivity index is 1.77. The van der Waals surface area contributed by atoms with Gasteiger partial charge in [-0.2, -0.15) is 0 Å². The molecule has 2 aromatic rings. The number of carbonyl (C=O) groups is 1. The molecule has 1 amide bonds. The summed E-state index contributed by atoms with van der Waals surface area (Å²) in [5.41, 5.74) is 9.36. The second-order valence-corrected chi connectivity index (χ2v) is 5.80. The summed E-state index contributed by atoms with van der Waals surface area (Å²) in [5.74, 6) is -0.146. The van der Waals surface area contributed by atoms with E-state index in [1.807, 2.05) is 24.3 Å². The zero-order valence-corrected chi connectivity index (χ0v) is 12.4. The molecule has 4 nitrogen and oxygen atoms in total. The maximum absolute atomic E-state index is 12.2. The number of fused-ring (bicyclic) bond motifs is 1. The van der Waals surface area contributed by atoms with E-state index >= 15 is 0 Å². The molecule has 3 rings (SSSR count). The van der Waals surface area contributed by atoms with E-state index in [-0.39, 0.29) is 11.9 Å². The first-order chi connectivity index (χ1) is 9.63. The number of hydrogen-bond acceptors (Lipinski definition) is 3. The summed E-state index contributed by atoms with van der Waals surface area (Å²) in [5, 5.41) is 3.03. The largest absolute Gasteiger partial charge is 0.399 e. The number of nitrogens with one attached hydrogen (secondary N) is 1. The highest BCUT2D eigenvalue weighted by Gasteiger charge is 2.24. The van der Waals surface area contributed by atoms with Gasteiger partial charge < -0.3 is 11.1 Å². The van der Waals surface area contributed by atoms with Crippen LogP contribution in [0.5, 0.6) is 0 Å². The van der Waals surface area contributed by atoms with Gasteiger partial charge in [0.15, 0.2) is 0 Å². The molecule has 1 aliphatic carbocycles. The summed E-state index contributed by atoms with van der Waals surface area (Å²) < 4.78 is 0.857. The third kappa shape index (κ3) is 2.54. The van der Waals surface area contributed by atoms with Gasteiger partial charge in [0.1, 0.15) is 5.69 Å². The number of benzene rings is 1. The second kappa shape index (κ2) is 5.25. The van der Waals surface area contributed by atoms with E-state index in [2.05, 4.69) is 26.2 Å². The van der Waals surface area contributed by atoms with Gasteiger partial charge in [0.25, 0.3) is 5.91 Å². The number of halogens is 1. The summed E-state index contributed by atoms with van der Waals surface area (Å²) in [6.07, 6.45) is 3.47. The summed E-state index contributed by atoms with van der Waals surface area (Å²) in [4.78, 5) is 16.3. The monoisotopic (exact) mass is 331 g/mol. The van der Waals surface area contributed by atoms with Crippen LogP contribution < -0.4 is 11.1 Å². The van der Waals surface area contributed by atoms with E-state index < -0.39 is 0 Å². The number of aryl methyl sites for hydroxylation is 1. The van der Waals surface area contributed by atoms with Gasteiger partial charge >= 0.3 is 0 Å². The second-order valence-electron chi connectivity index (χ2n) is 4.88. The molecule has 3 N–H and O–H groups in total. The van der Waals surface area contributed by atoms with Crippen molar-refractivity contribution in [2.75, 3.05) is 5.73 Å². The molecule has 5 heteroatoms. The van der Waals surface area contributed by atoms with Crippen LogP contribution in [0.3, 0.4) is 0 Å². The first-order valence-corrected chi connectivity index (χ1v) is 7.23. The Morgan fingerprint density at radius 1 is 1.35 bits per heavy atom. The van der Waals surface area contributed by atoms with E-state index in [0.29, 0.717) is 5.69 Å². The highest BCUT2D eigenvalue weighted by atomic mass is 79.9. The summed E-state index contributed by atoms with van der Waals surface area (Å²) in [6, 6.07) is 9.42. The molecular formula is C15H14BrN3O. The molecule has 0 spiro atoms. The number of anilines is 1. The molecular weight excluding hydrogens is 318 g/mol. The highest BCUT2D eigenvalue weighted by molar-refractivity contribution is 9.10. The van der Waals surface area contributed by atoms with Crippen LogP contribution in [0, 0.1) is 0 Å². The summed E-state index contributed by atoms with van der Waals surface area (Å²) in [6.45, 7) is 0. The molecule has 0 aliphatic heterocycles. The Kier molecular flexibility index (Phi) is 3.44. The molecule has 1 aromatic heterocycles. The molecule has 20 heavy (non-hydrogen) atoms. The zero-order chi connectivity index (χ0) is 14.1. The van der Waals surface area contributed by atoms with Crippen molar-refractivity contribution < 1.29 is 4.79 Å². The number of carbonyl (C=O) groups excluding carboxylic acids is 1. The third-order valence-electron chi connectivity index (χ3n) is 3.51. The number of hydrogen-bond donors (Lipinski definition) is 2. The Morgan fingerprint density at radius 3 is 2.95 bits per heavy atom. The molecule has 0 saturated carbocycles. The molecule has 1 aliphatic rings. The highest BCUT2D eigenvalue weighted by Crippen LogP contribution is 2.32. The standard InChI is InChI=1S/C15H14BrN3O/c16-10-2-6-14(18-8-10)15(20)19-13-5-1-9-7-11(17)3-4-12(9)13/h2-4,6-8,13H,1,5,17H2,(H,19,20). The lowest BCUT2D eigenvalue weighted by Crippen LogP contribution is -2.27. The molecule has 102 valence electrons. The lowest BCUT2D eigenvalue weighted by molar-refractivity contribution is 0.0931. The van der Waals surface area contributed by atoms with E-state index in [1.165, 1.54) is 5.56 Å². The quantitative estimate of drug-likeness (QED) is 0.831. The van der Waals surface area contributed by atoms with Crippen LogP contribution >= 0.6 is 15.9 Å². The molecule has 1 heterocycles. The lowest BCUT2D eigenvalue weighted by Gasteiger charge is -2.14. The van der Waals surface area contributed by atoms with Crippen molar-refractivity contribution in [1.29, 1.82) is 0 Å². The average Bonchev–Trinajstić information content (AvgIpc) is 2.81. The molecule has 1 atom stereocenters. The first-order valence-electron chi connectivity index (χ1n) is 6.44. The van der Waals surface area contributed by atoms with Crippen molar-refractivity contribution in [3.8, 4) is 0 Å². The predicted molar refractivity (Wildman–Crippen MR) is 81.3 cm³/mol. The minimum atomic E-state index is -0.146. The van der Waals surface area contributed by atoms with E-state index in [4.69, 9.17) is 5.73 Å². The first kappa shape index (κ1) is 13.1. The normalized spacial score (nSPS) is 16.8. The van der Waals surface area contributed by atoms with Gasteiger partial charge in [-0.3, -0.25) is 4.79 Å². The van der Waals surface area contributed by atoms with Crippen LogP contribution in [0.1, 0.15) is 34.1 Å². The van der Waals surface area contributed by atoms with Crippen LogP contribution in [0.4, 0.5) is 5.69 Å². The lowest BCUT2D eigenvalue weighted by atomic mass is 10.1. The van der Waals surface area contributed by atoms with Crippen molar-refractivity contribution >= 4 is 27.5 Å². The fraction of sp³-hybridized carbons (Fsp3) is 0.200. The fourth-order valence-corrected chi connectivity index (χ4v) is 2.76. The minimum absolute atomic E-state index is 0.0450. The topological polar surface area (TPSA) is 68.0 Å². The van der Waals surface area contributed by atoms with E-state index in [1.54, 1.807) is 12.3 Å². The zero-order valence-electron chi connectivity index (χ0n) is 10.8. The van der Waals surface area contributed by atoms with Gasteiger partial charge in [-0.1, -0.05) is 6.07 Å². The smallest absolute Gasteiger partial charge is 0.270 e. The van der Waals surface area contributed by atoms with Crippen LogP contribution in [-0.4, -0.2) is 10.9 Å². The molecule has 0 saturated heterocycles. The fourth-order valence-electron chi connectivity index (χ4n) is 2.53.